The van der Waals surface area contributed by atoms with Crippen LogP contribution in [0.25, 0.3) is 0 Å². The number of ether oxygens (including phenoxy) is 2. The number of benzene rings is 2. The zero-order valence-electron chi connectivity index (χ0n) is 20.7. The molecular formula is C25H32FN3O6S. The Morgan fingerprint density at radius 1 is 1.06 bits per heavy atom. The van der Waals surface area contributed by atoms with Gasteiger partial charge in [-0.3, -0.25) is 13.9 Å². The first-order chi connectivity index (χ1) is 17.1. The fourth-order valence-electron chi connectivity index (χ4n) is 3.87. The largest absolute Gasteiger partial charge is 0.486 e. The van der Waals surface area contributed by atoms with Crippen molar-refractivity contribution in [1.82, 2.24) is 10.2 Å². The highest BCUT2D eigenvalue weighted by molar-refractivity contribution is 7.92. The van der Waals surface area contributed by atoms with Crippen LogP contribution in [0.2, 0.25) is 0 Å². The van der Waals surface area contributed by atoms with Crippen LogP contribution in [-0.4, -0.2) is 63.7 Å². The maximum atomic E-state index is 13.6. The first kappa shape index (κ1) is 27.3. The molecule has 0 unspecified atom stereocenters. The summed E-state index contributed by atoms with van der Waals surface area (Å²) in [6.07, 6.45) is 2.04. The molecule has 9 nitrogen and oxygen atoms in total. The summed E-state index contributed by atoms with van der Waals surface area (Å²) in [5, 5.41) is 2.81. The van der Waals surface area contributed by atoms with Crippen molar-refractivity contribution in [2.75, 3.05) is 36.9 Å². The van der Waals surface area contributed by atoms with Gasteiger partial charge in [-0.05, 0) is 42.7 Å². The fraction of sp³-hybridized carbons (Fsp3) is 0.440. The molecule has 1 aliphatic rings. The summed E-state index contributed by atoms with van der Waals surface area (Å²) in [6, 6.07) is 9.41. The van der Waals surface area contributed by atoms with Crippen LogP contribution in [0.4, 0.5) is 10.1 Å². The van der Waals surface area contributed by atoms with E-state index in [2.05, 4.69) is 5.32 Å². The molecule has 2 amide bonds. The van der Waals surface area contributed by atoms with E-state index in [1.807, 2.05) is 6.92 Å². The minimum Gasteiger partial charge on any atom is -0.486 e. The van der Waals surface area contributed by atoms with Crippen LogP contribution < -0.4 is 19.1 Å². The molecule has 1 aliphatic heterocycles. The van der Waals surface area contributed by atoms with Crippen LogP contribution >= 0.6 is 0 Å². The Bertz CT molecular complexity index is 1170. The van der Waals surface area contributed by atoms with Crippen LogP contribution in [0.3, 0.4) is 0 Å². The molecule has 0 aromatic heterocycles. The van der Waals surface area contributed by atoms with Crippen LogP contribution in [0.1, 0.15) is 32.3 Å². The van der Waals surface area contributed by atoms with Crippen molar-refractivity contribution < 1.29 is 31.9 Å². The Morgan fingerprint density at radius 2 is 1.72 bits per heavy atom. The number of carbonyl (C=O) groups excluding carboxylic acids is 2. The van der Waals surface area contributed by atoms with Crippen LogP contribution in [0.5, 0.6) is 11.5 Å². The highest BCUT2D eigenvalue weighted by Gasteiger charge is 2.32. The lowest BCUT2D eigenvalue weighted by molar-refractivity contribution is -0.140. The van der Waals surface area contributed by atoms with Gasteiger partial charge in [0.15, 0.2) is 11.5 Å². The molecule has 0 fully saturated rings. The van der Waals surface area contributed by atoms with Gasteiger partial charge in [0, 0.05) is 19.2 Å². The third-order valence-corrected chi connectivity index (χ3v) is 6.83. The predicted molar refractivity (Wildman–Crippen MR) is 134 cm³/mol. The number of hydrogen-bond donors (Lipinski definition) is 1. The lowest BCUT2D eigenvalue weighted by Crippen LogP contribution is -2.52. The number of hydrogen-bond acceptors (Lipinski definition) is 6. The van der Waals surface area contributed by atoms with Crippen molar-refractivity contribution in [3.05, 3.63) is 53.8 Å². The number of fused-ring (bicyclic) bond motifs is 1. The van der Waals surface area contributed by atoms with E-state index in [4.69, 9.17) is 9.47 Å². The monoisotopic (exact) mass is 521 g/mol. The highest BCUT2D eigenvalue weighted by Crippen LogP contribution is 2.34. The van der Waals surface area contributed by atoms with Crippen molar-refractivity contribution in [2.45, 2.75) is 39.3 Å². The third kappa shape index (κ3) is 6.87. The first-order valence-electron chi connectivity index (χ1n) is 11.8. The van der Waals surface area contributed by atoms with Gasteiger partial charge in [0.2, 0.25) is 21.8 Å². The molecule has 1 atom stereocenters. The van der Waals surface area contributed by atoms with Gasteiger partial charge < -0.3 is 19.7 Å². The predicted octanol–water partition coefficient (Wildman–Crippen LogP) is 2.70. The van der Waals surface area contributed by atoms with Crippen LogP contribution in [0, 0.1) is 5.82 Å². The van der Waals surface area contributed by atoms with E-state index in [0.717, 1.165) is 17.0 Å². The molecule has 11 heteroatoms. The van der Waals surface area contributed by atoms with Gasteiger partial charge in [-0.15, -0.1) is 0 Å². The second-order valence-electron chi connectivity index (χ2n) is 8.46. The molecule has 0 spiro atoms. The lowest BCUT2D eigenvalue weighted by atomic mass is 10.1. The molecule has 0 aliphatic carbocycles. The van der Waals surface area contributed by atoms with Crippen LogP contribution in [0.15, 0.2) is 42.5 Å². The van der Waals surface area contributed by atoms with Gasteiger partial charge in [0.1, 0.15) is 31.6 Å². The summed E-state index contributed by atoms with van der Waals surface area (Å²) in [5.41, 5.74) is 0.844. The molecule has 1 N–H and O–H groups in total. The number of nitrogens with zero attached hydrogens (tertiary/aromatic N) is 2. The Balaban J connectivity index is 1.93. The van der Waals surface area contributed by atoms with E-state index in [0.29, 0.717) is 43.2 Å². The standard InChI is InChI=1S/C25H32FN3O6S/c1-4-12-27-25(31)21(5-2)28(16-18-6-8-19(26)9-7-18)24(30)17-29(36(3,32)33)20-10-11-22-23(15-20)35-14-13-34-22/h6-11,15,21H,4-5,12-14,16-17H2,1-3H3,(H,27,31)/t21-/m1/s1. The summed E-state index contributed by atoms with van der Waals surface area (Å²) in [7, 11) is -3.88. The summed E-state index contributed by atoms with van der Waals surface area (Å²) in [5.74, 6) is -0.459. The molecular weight excluding hydrogens is 489 g/mol. The minimum atomic E-state index is -3.88. The smallest absolute Gasteiger partial charge is 0.244 e. The molecule has 0 saturated heterocycles. The van der Waals surface area contributed by atoms with Gasteiger partial charge in [0.05, 0.1) is 11.9 Å². The number of amides is 2. The molecule has 2 aromatic rings. The van der Waals surface area contributed by atoms with Gasteiger partial charge in [0.25, 0.3) is 0 Å². The Kier molecular flexibility index (Phi) is 9.14. The van der Waals surface area contributed by atoms with Gasteiger partial charge in [-0.1, -0.05) is 26.0 Å². The average Bonchev–Trinajstić information content (AvgIpc) is 2.85. The number of sulfonamides is 1. The maximum Gasteiger partial charge on any atom is 0.244 e. The quantitative estimate of drug-likeness (QED) is 0.488. The zero-order chi connectivity index (χ0) is 26.3. The zero-order valence-corrected chi connectivity index (χ0v) is 21.5. The van der Waals surface area contributed by atoms with Crippen molar-refractivity contribution in [3.63, 3.8) is 0 Å². The summed E-state index contributed by atoms with van der Waals surface area (Å²) in [6.45, 7) is 4.33. The number of rotatable bonds is 11. The molecule has 0 radical (unpaired) electrons. The Morgan fingerprint density at radius 3 is 2.33 bits per heavy atom. The number of nitrogens with one attached hydrogen (secondary N) is 1. The Labute approximate surface area is 211 Å². The molecule has 0 bridgehead atoms. The normalized spacial score (nSPS) is 13.6. The van der Waals surface area contributed by atoms with E-state index < -0.39 is 34.3 Å². The van der Waals surface area contributed by atoms with E-state index >= 15 is 0 Å². The second kappa shape index (κ2) is 12.1. The maximum absolute atomic E-state index is 13.6. The third-order valence-electron chi connectivity index (χ3n) is 5.69. The summed E-state index contributed by atoms with van der Waals surface area (Å²) < 4.78 is 51.0. The summed E-state index contributed by atoms with van der Waals surface area (Å²) in [4.78, 5) is 27.9. The van der Waals surface area contributed by atoms with Crippen molar-refractivity contribution in [1.29, 1.82) is 0 Å². The molecule has 36 heavy (non-hydrogen) atoms. The highest BCUT2D eigenvalue weighted by atomic mass is 32.2. The molecule has 1 heterocycles. The molecule has 196 valence electrons. The van der Waals surface area contributed by atoms with Crippen molar-refractivity contribution in [2.24, 2.45) is 0 Å². The van der Waals surface area contributed by atoms with Crippen molar-refractivity contribution >= 4 is 27.5 Å². The average molecular weight is 522 g/mol. The Hall–Kier alpha value is -3.34. The molecule has 3 rings (SSSR count). The van der Waals surface area contributed by atoms with Gasteiger partial charge >= 0.3 is 0 Å². The minimum absolute atomic E-state index is 0.00983. The van der Waals surface area contributed by atoms with Crippen LogP contribution in [-0.2, 0) is 26.2 Å². The van der Waals surface area contributed by atoms with Crippen molar-refractivity contribution in [3.8, 4) is 11.5 Å². The van der Waals surface area contributed by atoms with E-state index in [1.54, 1.807) is 13.0 Å². The number of anilines is 1. The first-order valence-corrected chi connectivity index (χ1v) is 13.7. The van der Waals surface area contributed by atoms with E-state index in [-0.39, 0.29) is 18.1 Å². The van der Waals surface area contributed by atoms with E-state index in [9.17, 15) is 22.4 Å². The molecule has 0 saturated carbocycles. The number of halogens is 1. The van der Waals surface area contributed by atoms with Gasteiger partial charge in [-0.2, -0.15) is 0 Å². The molecule has 2 aromatic carbocycles. The lowest BCUT2D eigenvalue weighted by Gasteiger charge is -2.33. The second-order valence-corrected chi connectivity index (χ2v) is 10.4. The number of carbonyl (C=O) groups is 2. The summed E-state index contributed by atoms with van der Waals surface area (Å²) >= 11 is 0. The SMILES string of the molecule is CCCNC(=O)[C@@H](CC)N(Cc1ccc(F)cc1)C(=O)CN(c1ccc2c(c1)OCCO2)S(C)(=O)=O. The van der Waals surface area contributed by atoms with Gasteiger partial charge in [-0.25, -0.2) is 12.8 Å². The topological polar surface area (TPSA) is 105 Å². The fourth-order valence-corrected chi connectivity index (χ4v) is 4.71. The van der Waals surface area contributed by atoms with E-state index in [1.165, 1.54) is 41.3 Å².